The van der Waals surface area contributed by atoms with Crippen LogP contribution in [0.25, 0.3) is 21.8 Å². The number of aliphatic hydroxyl groups excluding tert-OH is 1. The monoisotopic (exact) mass is 892 g/mol. The fraction of sp³-hybridized carbons (Fsp3) is 0.364. The van der Waals surface area contributed by atoms with Crippen molar-refractivity contribution in [3.05, 3.63) is 106 Å². The second-order valence-electron chi connectivity index (χ2n) is 14.7. The molecule has 0 amide bonds. The Labute approximate surface area is 367 Å². The van der Waals surface area contributed by atoms with Gasteiger partial charge >= 0.3 is 0 Å². The van der Waals surface area contributed by atoms with E-state index in [1.54, 1.807) is 30.3 Å². The van der Waals surface area contributed by atoms with Crippen LogP contribution in [-0.4, -0.2) is 121 Å². The molecule has 2 atom stereocenters. The number of hydrogen-bond acceptors (Lipinski definition) is 14. The minimum absolute atomic E-state index is 0.176. The summed E-state index contributed by atoms with van der Waals surface area (Å²) in [6, 6.07) is 16.3. The number of nitrogens with one attached hydrogen (secondary N) is 3. The van der Waals surface area contributed by atoms with Gasteiger partial charge in [0, 0.05) is 65.7 Å². The normalized spacial score (nSPS) is 16.7. The summed E-state index contributed by atoms with van der Waals surface area (Å²) in [5.74, 6) is 1.48. The molecule has 0 radical (unpaired) electrons. The van der Waals surface area contributed by atoms with Gasteiger partial charge in [-0.3, -0.25) is 4.90 Å². The number of morpholine rings is 2. The molecule has 4 N–H and O–H groups in total. The largest absolute Gasteiger partial charge is 0.490 e. The molecule has 3 aliphatic heterocycles. The Hall–Kier alpha value is -5.04. The fourth-order valence-corrected chi connectivity index (χ4v) is 6.83. The zero-order valence-corrected chi connectivity index (χ0v) is 35.8. The Morgan fingerprint density at radius 2 is 1.27 bits per heavy atom. The van der Waals surface area contributed by atoms with E-state index in [0.717, 1.165) is 73.6 Å². The van der Waals surface area contributed by atoms with Crippen molar-refractivity contribution in [3.63, 3.8) is 0 Å². The van der Waals surface area contributed by atoms with Crippen molar-refractivity contribution in [2.24, 2.45) is 0 Å². The first-order chi connectivity index (χ1) is 30.1. The minimum Gasteiger partial charge on any atom is -0.490 e. The minimum atomic E-state index is -0.608. The lowest BCUT2D eigenvalue weighted by Gasteiger charge is -2.28. The van der Waals surface area contributed by atoms with Gasteiger partial charge in [-0.2, -0.15) is 0 Å². The average molecular weight is 894 g/mol. The number of benzene rings is 4. The Kier molecular flexibility index (Phi) is 15.9. The van der Waals surface area contributed by atoms with E-state index in [-0.39, 0.29) is 18.4 Å². The molecule has 3 saturated heterocycles. The molecule has 62 heavy (non-hydrogen) atoms. The van der Waals surface area contributed by atoms with E-state index >= 15 is 0 Å². The van der Waals surface area contributed by atoms with Crippen LogP contribution in [0, 0.1) is 25.5 Å². The Morgan fingerprint density at radius 1 is 0.758 bits per heavy atom. The van der Waals surface area contributed by atoms with Crippen molar-refractivity contribution in [2.75, 3.05) is 89.6 Å². The standard InChI is InChI=1S/C22H24ClFN4O3.C18H15ClFN3O2.C4H9NO/c1-14-8-17-20(10-21(14)31-12-16(29)11-28-4-6-30-7-5-28)25-13-26-22(17)27-19-3-2-15(23)9-18(19)24;1-10-4-13-16(6-17(10)25-8-12-7-24-12)21-9-22-18(13)23-15-3-2-11(19)5-14(15)20;1-3-6-4-2-5-1/h2-3,8-10,13,16,29H,4-7,11-12H2,1H3,(H,25,26,27);2-6,9,12H,7-8H2,1H3,(H,21,22,23);5H,1-4H2. The van der Waals surface area contributed by atoms with Crippen LogP contribution in [0.4, 0.5) is 31.8 Å². The quantitative estimate of drug-likeness (QED) is 0.0900. The number of nitrogens with zero attached hydrogens (tertiary/aromatic N) is 5. The Balaban J connectivity index is 0.000000167. The molecule has 9 rings (SSSR count). The highest BCUT2D eigenvalue weighted by molar-refractivity contribution is 6.31. The smallest absolute Gasteiger partial charge is 0.148 e. The third-order valence-corrected chi connectivity index (χ3v) is 10.4. The average Bonchev–Trinajstić information content (AvgIpc) is 4.11. The molecule has 5 heterocycles. The number of fused-ring (bicyclic) bond motifs is 2. The number of epoxide rings is 1. The Morgan fingerprint density at radius 3 is 1.74 bits per heavy atom. The number of anilines is 4. The summed E-state index contributed by atoms with van der Waals surface area (Å²) in [6.07, 6.45) is 2.42. The summed E-state index contributed by atoms with van der Waals surface area (Å²) in [5.41, 5.74) is 3.74. The van der Waals surface area contributed by atoms with Crippen LogP contribution in [0.3, 0.4) is 0 Å². The molecule has 0 bridgehead atoms. The first-order valence-electron chi connectivity index (χ1n) is 20.2. The second-order valence-corrected chi connectivity index (χ2v) is 15.6. The number of aliphatic hydroxyl groups is 1. The molecule has 0 spiro atoms. The van der Waals surface area contributed by atoms with Gasteiger partial charge in [0.2, 0.25) is 0 Å². The molecule has 328 valence electrons. The maximum absolute atomic E-state index is 14.2. The summed E-state index contributed by atoms with van der Waals surface area (Å²) in [6.45, 7) is 12.7. The van der Waals surface area contributed by atoms with Gasteiger partial charge < -0.3 is 44.7 Å². The fourth-order valence-electron chi connectivity index (χ4n) is 6.51. The van der Waals surface area contributed by atoms with E-state index in [1.165, 1.54) is 24.8 Å². The summed E-state index contributed by atoms with van der Waals surface area (Å²) >= 11 is 11.6. The predicted octanol–water partition coefficient (Wildman–Crippen LogP) is 7.40. The van der Waals surface area contributed by atoms with Crippen molar-refractivity contribution in [2.45, 2.75) is 26.1 Å². The molecule has 0 aliphatic carbocycles. The van der Waals surface area contributed by atoms with Crippen molar-refractivity contribution < 1.29 is 37.6 Å². The van der Waals surface area contributed by atoms with Crippen molar-refractivity contribution in [1.82, 2.24) is 30.2 Å². The molecule has 2 aromatic heterocycles. The number of aryl methyl sites for hydroxylation is 2. The third-order valence-electron chi connectivity index (χ3n) is 9.91. The lowest BCUT2D eigenvalue weighted by molar-refractivity contribution is 0.00461. The lowest BCUT2D eigenvalue weighted by atomic mass is 10.1. The molecular weight excluding hydrogens is 845 g/mol. The third kappa shape index (κ3) is 12.8. The molecule has 2 unspecified atom stereocenters. The van der Waals surface area contributed by atoms with E-state index in [2.05, 4.69) is 40.8 Å². The number of β-amino-alcohol motifs (C(OH)–C–C–N with tert-alkyl or cyclic N) is 1. The topological polar surface area (TPSA) is 161 Å². The maximum Gasteiger partial charge on any atom is 0.148 e. The van der Waals surface area contributed by atoms with E-state index in [4.69, 9.17) is 46.9 Å². The van der Waals surface area contributed by atoms with Gasteiger partial charge in [-0.25, -0.2) is 28.7 Å². The van der Waals surface area contributed by atoms with Crippen molar-refractivity contribution in [1.29, 1.82) is 0 Å². The van der Waals surface area contributed by atoms with Gasteiger partial charge in [-0.05, 0) is 73.5 Å². The Bertz CT molecular complexity index is 2430. The number of aromatic nitrogens is 4. The highest BCUT2D eigenvalue weighted by atomic mass is 35.5. The van der Waals surface area contributed by atoms with E-state index < -0.39 is 17.7 Å². The van der Waals surface area contributed by atoms with Gasteiger partial charge in [0.1, 0.15) is 72.8 Å². The summed E-state index contributed by atoms with van der Waals surface area (Å²) in [4.78, 5) is 19.3. The summed E-state index contributed by atoms with van der Waals surface area (Å²) in [5, 5.41) is 21.7. The summed E-state index contributed by atoms with van der Waals surface area (Å²) < 4.78 is 55.4. The maximum atomic E-state index is 14.2. The predicted molar refractivity (Wildman–Crippen MR) is 236 cm³/mol. The SMILES string of the molecule is C1COCCN1.Cc1cc2c(Nc3ccc(Cl)cc3F)ncnc2cc1OCC(O)CN1CCOCC1.Cc1cc2c(Nc3ccc(Cl)cc3F)ncnc2cc1OCC1CO1. The molecule has 4 aromatic carbocycles. The number of hydrogen-bond donors (Lipinski definition) is 4. The first-order valence-corrected chi connectivity index (χ1v) is 20.9. The van der Waals surface area contributed by atoms with E-state index in [1.807, 2.05) is 32.0 Å². The highest BCUT2D eigenvalue weighted by Gasteiger charge is 2.24. The van der Waals surface area contributed by atoms with Crippen molar-refractivity contribution in [3.8, 4) is 11.5 Å². The second kappa shape index (κ2) is 21.8. The van der Waals surface area contributed by atoms with E-state index in [0.29, 0.717) is 70.5 Å². The highest BCUT2D eigenvalue weighted by Crippen LogP contribution is 2.32. The first kappa shape index (κ1) is 45.0. The summed E-state index contributed by atoms with van der Waals surface area (Å²) in [7, 11) is 0. The number of rotatable bonds is 12. The molecule has 6 aromatic rings. The zero-order valence-electron chi connectivity index (χ0n) is 34.3. The van der Waals surface area contributed by atoms with Gasteiger partial charge in [0.15, 0.2) is 0 Å². The van der Waals surface area contributed by atoms with Gasteiger partial charge in [0.05, 0.1) is 55.4 Å². The van der Waals surface area contributed by atoms with Gasteiger partial charge in [0.25, 0.3) is 0 Å². The zero-order chi connectivity index (χ0) is 43.4. The molecule has 18 heteroatoms. The van der Waals surface area contributed by atoms with Crippen LogP contribution in [0.1, 0.15) is 11.1 Å². The van der Waals surface area contributed by atoms with Crippen LogP contribution in [0.2, 0.25) is 10.0 Å². The molecule has 3 aliphatic rings. The van der Waals surface area contributed by atoms with Crippen LogP contribution in [-0.2, 0) is 14.2 Å². The number of ether oxygens (including phenoxy) is 5. The van der Waals surface area contributed by atoms with Crippen LogP contribution in [0.15, 0.2) is 73.3 Å². The van der Waals surface area contributed by atoms with E-state index in [9.17, 15) is 13.9 Å². The molecule has 0 saturated carbocycles. The van der Waals surface area contributed by atoms with Crippen LogP contribution in [0.5, 0.6) is 11.5 Å². The van der Waals surface area contributed by atoms with Crippen LogP contribution < -0.4 is 25.4 Å². The lowest BCUT2D eigenvalue weighted by Crippen LogP contribution is -2.42. The molecule has 14 nitrogen and oxygen atoms in total. The number of halogens is 4. The molecule has 3 fully saturated rings. The van der Waals surface area contributed by atoms with Gasteiger partial charge in [-0.1, -0.05) is 23.2 Å². The van der Waals surface area contributed by atoms with Crippen LogP contribution >= 0.6 is 23.2 Å². The van der Waals surface area contributed by atoms with Gasteiger partial charge in [-0.15, -0.1) is 0 Å². The van der Waals surface area contributed by atoms with Crippen molar-refractivity contribution >= 4 is 68.0 Å². The molecular formula is C44H48Cl2F2N8O6.